The third-order valence-electron chi connectivity index (χ3n) is 2.07. The van der Waals surface area contributed by atoms with E-state index in [0.29, 0.717) is 0 Å². The molecule has 1 atom stereocenters. The normalized spacial score (nSPS) is 13.0. The van der Waals surface area contributed by atoms with Crippen LogP contribution in [0, 0.1) is 6.92 Å². The third-order valence-corrected chi connectivity index (χ3v) is 4.74. The first kappa shape index (κ1) is 11.2. The summed E-state index contributed by atoms with van der Waals surface area (Å²) in [6.07, 6.45) is 0.848. The molecule has 80 valence electrons. The highest BCUT2D eigenvalue weighted by Crippen LogP contribution is 2.26. The second kappa shape index (κ2) is 4.69. The Hall–Kier alpha value is -0.300. The monoisotopic (exact) mass is 303 g/mol. The molecule has 6 heteroatoms. The molecular formula is C9H10BrN3S2. The Morgan fingerprint density at radius 2 is 2.40 bits per heavy atom. The maximum Gasteiger partial charge on any atom is 0.0772 e. The summed E-state index contributed by atoms with van der Waals surface area (Å²) < 4.78 is 5.01. The molecule has 0 aliphatic rings. The minimum atomic E-state index is 0.00977. The standard InChI is InChI=1S/C9H10BrN3S2/c1-5-9(15-13-12-5)8(11)3-7-2-6(10)4-14-7/h2,4,8H,3,11H2,1H3. The Morgan fingerprint density at radius 3 is 2.93 bits per heavy atom. The van der Waals surface area contributed by atoms with Gasteiger partial charge in [-0.1, -0.05) is 4.49 Å². The predicted molar refractivity (Wildman–Crippen MR) is 67.3 cm³/mol. The summed E-state index contributed by atoms with van der Waals surface area (Å²) in [6, 6.07) is 2.12. The van der Waals surface area contributed by atoms with Gasteiger partial charge in [0.15, 0.2) is 0 Å². The molecule has 2 aromatic heterocycles. The van der Waals surface area contributed by atoms with E-state index in [-0.39, 0.29) is 6.04 Å². The molecule has 3 nitrogen and oxygen atoms in total. The van der Waals surface area contributed by atoms with Crippen molar-refractivity contribution >= 4 is 38.8 Å². The van der Waals surface area contributed by atoms with Crippen molar-refractivity contribution in [1.82, 2.24) is 9.59 Å². The molecule has 0 saturated heterocycles. The molecule has 0 aromatic carbocycles. The van der Waals surface area contributed by atoms with E-state index >= 15 is 0 Å². The van der Waals surface area contributed by atoms with Crippen molar-refractivity contribution in [3.63, 3.8) is 0 Å². The Bertz CT molecular complexity index is 452. The van der Waals surface area contributed by atoms with Crippen LogP contribution >= 0.6 is 38.8 Å². The summed E-state index contributed by atoms with van der Waals surface area (Å²) in [5, 5.41) is 6.04. The first-order valence-electron chi connectivity index (χ1n) is 4.44. The highest BCUT2D eigenvalue weighted by molar-refractivity contribution is 9.10. The van der Waals surface area contributed by atoms with E-state index in [0.717, 1.165) is 21.5 Å². The van der Waals surface area contributed by atoms with Gasteiger partial charge < -0.3 is 5.73 Å². The number of hydrogen-bond donors (Lipinski definition) is 1. The van der Waals surface area contributed by atoms with Crippen LogP contribution in [0.25, 0.3) is 0 Å². The Labute approximate surface area is 105 Å². The van der Waals surface area contributed by atoms with Crippen molar-refractivity contribution in [1.29, 1.82) is 0 Å². The number of aryl methyl sites for hydroxylation is 1. The van der Waals surface area contributed by atoms with Crippen LogP contribution < -0.4 is 5.73 Å². The van der Waals surface area contributed by atoms with Crippen LogP contribution in [0.15, 0.2) is 15.9 Å². The minimum absolute atomic E-state index is 0.00977. The summed E-state index contributed by atoms with van der Waals surface area (Å²) in [5.41, 5.74) is 7.05. The summed E-state index contributed by atoms with van der Waals surface area (Å²) >= 11 is 6.54. The van der Waals surface area contributed by atoms with Gasteiger partial charge in [-0.15, -0.1) is 16.4 Å². The van der Waals surface area contributed by atoms with Gasteiger partial charge in [0.2, 0.25) is 0 Å². The molecular weight excluding hydrogens is 294 g/mol. The van der Waals surface area contributed by atoms with Gasteiger partial charge in [0.05, 0.1) is 10.6 Å². The number of nitrogens with zero attached hydrogens (tertiary/aromatic N) is 2. The molecule has 0 spiro atoms. The van der Waals surface area contributed by atoms with Gasteiger partial charge in [-0.25, -0.2) is 0 Å². The Kier molecular flexibility index (Phi) is 3.50. The SMILES string of the molecule is Cc1nnsc1C(N)Cc1cc(Br)cs1. The highest BCUT2D eigenvalue weighted by Gasteiger charge is 2.14. The average Bonchev–Trinajstić information content (AvgIpc) is 2.75. The lowest BCUT2D eigenvalue weighted by molar-refractivity contribution is 0.736. The van der Waals surface area contributed by atoms with Crippen molar-refractivity contribution < 1.29 is 0 Å². The van der Waals surface area contributed by atoms with Crippen molar-refractivity contribution in [2.45, 2.75) is 19.4 Å². The van der Waals surface area contributed by atoms with E-state index in [1.54, 1.807) is 11.3 Å². The highest BCUT2D eigenvalue weighted by atomic mass is 79.9. The van der Waals surface area contributed by atoms with Crippen LogP contribution in [-0.4, -0.2) is 9.59 Å². The number of thiophene rings is 1. The van der Waals surface area contributed by atoms with Crippen LogP contribution in [0.1, 0.15) is 21.5 Å². The molecule has 2 heterocycles. The van der Waals surface area contributed by atoms with Crippen molar-refractivity contribution in [2.75, 3.05) is 0 Å². The van der Waals surface area contributed by atoms with E-state index < -0.39 is 0 Å². The van der Waals surface area contributed by atoms with Crippen LogP contribution in [0.5, 0.6) is 0 Å². The lowest BCUT2D eigenvalue weighted by Gasteiger charge is -2.07. The fraction of sp³-hybridized carbons (Fsp3) is 0.333. The molecule has 2 N–H and O–H groups in total. The maximum absolute atomic E-state index is 6.10. The summed E-state index contributed by atoms with van der Waals surface area (Å²) in [6.45, 7) is 1.95. The maximum atomic E-state index is 6.10. The van der Waals surface area contributed by atoms with E-state index in [4.69, 9.17) is 5.73 Å². The van der Waals surface area contributed by atoms with Gasteiger partial charge in [-0.05, 0) is 40.5 Å². The van der Waals surface area contributed by atoms with Crippen molar-refractivity contribution in [2.24, 2.45) is 5.73 Å². The zero-order chi connectivity index (χ0) is 10.8. The van der Waals surface area contributed by atoms with Crippen molar-refractivity contribution in [3.05, 3.63) is 31.4 Å². The largest absolute Gasteiger partial charge is 0.323 e. The molecule has 0 aliphatic heterocycles. The average molecular weight is 304 g/mol. The van der Waals surface area contributed by atoms with Gasteiger partial charge in [0.25, 0.3) is 0 Å². The van der Waals surface area contributed by atoms with Gasteiger partial charge in [-0.2, -0.15) is 0 Å². The van der Waals surface area contributed by atoms with Crippen LogP contribution in [0.4, 0.5) is 0 Å². The van der Waals surface area contributed by atoms with Gasteiger partial charge in [0.1, 0.15) is 0 Å². The summed E-state index contributed by atoms with van der Waals surface area (Å²) in [5.74, 6) is 0. The second-order valence-corrected chi connectivity index (χ2v) is 5.96. The number of halogens is 1. The molecule has 1 unspecified atom stereocenters. The minimum Gasteiger partial charge on any atom is -0.323 e. The zero-order valence-corrected chi connectivity index (χ0v) is 11.3. The fourth-order valence-electron chi connectivity index (χ4n) is 1.35. The Balaban J connectivity index is 2.10. The van der Waals surface area contributed by atoms with Crippen LogP contribution in [0.3, 0.4) is 0 Å². The lowest BCUT2D eigenvalue weighted by atomic mass is 10.1. The molecule has 0 amide bonds. The van der Waals surface area contributed by atoms with E-state index in [2.05, 4.69) is 37.0 Å². The van der Waals surface area contributed by atoms with Crippen LogP contribution in [-0.2, 0) is 6.42 Å². The molecule has 0 bridgehead atoms. The number of nitrogens with two attached hydrogens (primary N) is 1. The first-order valence-corrected chi connectivity index (χ1v) is 6.88. The third kappa shape index (κ3) is 2.63. The number of rotatable bonds is 3. The predicted octanol–water partition coefficient (Wildman–Crippen LogP) is 2.91. The molecule has 0 fully saturated rings. The lowest BCUT2D eigenvalue weighted by Crippen LogP contribution is -2.12. The van der Waals surface area contributed by atoms with E-state index in [9.17, 15) is 0 Å². The van der Waals surface area contributed by atoms with Crippen molar-refractivity contribution in [3.8, 4) is 0 Å². The van der Waals surface area contributed by atoms with Crippen LogP contribution in [0.2, 0.25) is 0 Å². The summed E-state index contributed by atoms with van der Waals surface area (Å²) in [7, 11) is 0. The first-order chi connectivity index (χ1) is 7.16. The Morgan fingerprint density at radius 1 is 1.60 bits per heavy atom. The summed E-state index contributed by atoms with van der Waals surface area (Å²) in [4.78, 5) is 2.36. The smallest absolute Gasteiger partial charge is 0.0772 e. The van der Waals surface area contributed by atoms with Gasteiger partial charge in [-0.3, -0.25) is 0 Å². The quantitative estimate of drug-likeness (QED) is 0.948. The molecule has 15 heavy (non-hydrogen) atoms. The molecule has 0 radical (unpaired) electrons. The molecule has 0 saturated carbocycles. The van der Waals surface area contributed by atoms with Gasteiger partial charge in [0, 0.05) is 27.2 Å². The number of aromatic nitrogens is 2. The zero-order valence-electron chi connectivity index (χ0n) is 8.11. The fourth-order valence-corrected chi connectivity index (χ4v) is 3.50. The van der Waals surface area contributed by atoms with Gasteiger partial charge >= 0.3 is 0 Å². The van der Waals surface area contributed by atoms with E-state index in [1.165, 1.54) is 16.4 Å². The van der Waals surface area contributed by atoms with E-state index in [1.807, 2.05) is 6.92 Å². The molecule has 2 rings (SSSR count). The molecule has 2 aromatic rings. The molecule has 0 aliphatic carbocycles. The number of hydrogen-bond acceptors (Lipinski definition) is 5. The second-order valence-electron chi connectivity index (χ2n) is 3.26. The topological polar surface area (TPSA) is 51.8 Å².